The van der Waals surface area contributed by atoms with Crippen LogP contribution in [-0.2, 0) is 13.1 Å². The number of methoxy groups -OCH3 is 1. The first-order valence-electron chi connectivity index (χ1n) is 8.41. The second kappa shape index (κ2) is 9.42. The number of hydrogen-bond acceptors (Lipinski definition) is 3. The van der Waals surface area contributed by atoms with E-state index in [0.29, 0.717) is 30.2 Å². The molecule has 2 aromatic rings. The van der Waals surface area contributed by atoms with Crippen LogP contribution in [0.25, 0.3) is 0 Å². The highest BCUT2D eigenvalue weighted by Gasteiger charge is 2.06. The Kier molecular flexibility index (Phi) is 6.98. The monoisotopic (exact) mass is 354 g/mol. The van der Waals surface area contributed by atoms with Crippen molar-refractivity contribution < 1.29 is 9.13 Å². The highest BCUT2D eigenvalue weighted by molar-refractivity contribution is 5.79. The van der Waals surface area contributed by atoms with Gasteiger partial charge in [-0.25, -0.2) is 9.38 Å². The summed E-state index contributed by atoms with van der Waals surface area (Å²) < 4.78 is 19.4. The molecule has 2 N–H and O–H groups in total. The van der Waals surface area contributed by atoms with E-state index in [4.69, 9.17) is 10.00 Å². The van der Waals surface area contributed by atoms with E-state index in [1.807, 2.05) is 38.1 Å². The van der Waals surface area contributed by atoms with Crippen molar-refractivity contribution in [1.29, 1.82) is 5.26 Å². The fourth-order valence-corrected chi connectivity index (χ4v) is 2.43. The van der Waals surface area contributed by atoms with Gasteiger partial charge in [-0.1, -0.05) is 18.2 Å². The summed E-state index contributed by atoms with van der Waals surface area (Å²) in [6.07, 6.45) is 0. The lowest BCUT2D eigenvalue weighted by Crippen LogP contribution is -2.37. The average molecular weight is 354 g/mol. The molecule has 0 aliphatic rings. The van der Waals surface area contributed by atoms with Crippen LogP contribution in [0.3, 0.4) is 0 Å². The Balaban J connectivity index is 2.09. The first-order valence-corrected chi connectivity index (χ1v) is 8.41. The van der Waals surface area contributed by atoms with Crippen molar-refractivity contribution in [2.45, 2.75) is 26.9 Å². The zero-order chi connectivity index (χ0) is 18.9. The number of nitriles is 1. The van der Waals surface area contributed by atoms with E-state index in [1.165, 1.54) is 6.07 Å². The number of halogens is 1. The van der Waals surface area contributed by atoms with E-state index in [2.05, 4.69) is 15.6 Å². The summed E-state index contributed by atoms with van der Waals surface area (Å²) in [6.45, 7) is 5.37. The Hall–Kier alpha value is -3.07. The minimum Gasteiger partial charge on any atom is -0.496 e. The molecule has 0 atom stereocenters. The maximum Gasteiger partial charge on any atom is 0.191 e. The van der Waals surface area contributed by atoms with Gasteiger partial charge >= 0.3 is 0 Å². The van der Waals surface area contributed by atoms with Gasteiger partial charge in [-0.15, -0.1) is 0 Å². The third-order valence-corrected chi connectivity index (χ3v) is 3.82. The molecule has 0 saturated carbocycles. The molecule has 0 aliphatic carbocycles. The fraction of sp³-hybridized carbons (Fsp3) is 0.300. The van der Waals surface area contributed by atoms with Gasteiger partial charge in [0.05, 0.1) is 25.3 Å². The highest BCUT2D eigenvalue weighted by atomic mass is 19.1. The van der Waals surface area contributed by atoms with E-state index in [1.54, 1.807) is 19.2 Å². The van der Waals surface area contributed by atoms with E-state index in [0.717, 1.165) is 16.9 Å². The molecule has 0 amide bonds. The molecule has 0 bridgehead atoms. The van der Waals surface area contributed by atoms with Crippen molar-refractivity contribution in [1.82, 2.24) is 10.6 Å². The number of aliphatic imine (C=N–C) groups is 1. The summed E-state index contributed by atoms with van der Waals surface area (Å²) in [5.41, 5.74) is 2.87. The second-order valence-electron chi connectivity index (χ2n) is 5.78. The standard InChI is InChI=1S/C20H23FN4O/c1-4-23-20(24-12-16-8-6-15(11-22)10-18(16)21)25-13-17-7-5-14(2)9-19(17)26-3/h5-10H,4,12-13H2,1-3H3,(H2,23,24,25). The molecule has 136 valence electrons. The summed E-state index contributed by atoms with van der Waals surface area (Å²) in [7, 11) is 1.64. The Morgan fingerprint density at radius 2 is 1.96 bits per heavy atom. The summed E-state index contributed by atoms with van der Waals surface area (Å²) >= 11 is 0. The molecule has 5 nitrogen and oxygen atoms in total. The number of ether oxygens (including phenoxy) is 1. The quantitative estimate of drug-likeness (QED) is 0.617. The zero-order valence-corrected chi connectivity index (χ0v) is 15.3. The van der Waals surface area contributed by atoms with Gasteiger partial charge in [0.25, 0.3) is 0 Å². The van der Waals surface area contributed by atoms with Crippen LogP contribution in [0.15, 0.2) is 41.4 Å². The summed E-state index contributed by atoms with van der Waals surface area (Å²) in [5, 5.41) is 15.1. The van der Waals surface area contributed by atoms with Crippen molar-refractivity contribution in [2.24, 2.45) is 4.99 Å². The van der Waals surface area contributed by atoms with Crippen molar-refractivity contribution in [3.8, 4) is 11.8 Å². The van der Waals surface area contributed by atoms with Crippen LogP contribution in [0.4, 0.5) is 4.39 Å². The molecule has 2 aromatic carbocycles. The molecule has 0 heterocycles. The lowest BCUT2D eigenvalue weighted by atomic mass is 10.1. The molecule has 0 aliphatic heterocycles. The maximum atomic E-state index is 14.0. The fourth-order valence-electron chi connectivity index (χ4n) is 2.43. The molecule has 0 saturated heterocycles. The van der Waals surface area contributed by atoms with Crippen molar-refractivity contribution >= 4 is 5.96 Å². The highest BCUT2D eigenvalue weighted by Crippen LogP contribution is 2.20. The van der Waals surface area contributed by atoms with Gasteiger partial charge in [0.1, 0.15) is 11.6 Å². The minimum absolute atomic E-state index is 0.272. The normalized spacial score (nSPS) is 11.0. The first-order chi connectivity index (χ1) is 12.6. The van der Waals surface area contributed by atoms with Crippen molar-refractivity contribution in [3.05, 3.63) is 64.5 Å². The molecule has 0 aromatic heterocycles. The average Bonchev–Trinajstić information content (AvgIpc) is 2.65. The first kappa shape index (κ1) is 19.3. The molecule has 0 spiro atoms. The number of nitrogens with one attached hydrogen (secondary N) is 2. The van der Waals surface area contributed by atoms with Gasteiger partial charge in [-0.05, 0) is 37.6 Å². The second-order valence-corrected chi connectivity index (χ2v) is 5.78. The third kappa shape index (κ3) is 5.21. The number of hydrogen-bond donors (Lipinski definition) is 2. The minimum atomic E-state index is -0.410. The molecule has 0 unspecified atom stereocenters. The molecular formula is C20H23FN4O. The van der Waals surface area contributed by atoms with Crippen LogP contribution >= 0.6 is 0 Å². The Labute approximate surface area is 153 Å². The molecular weight excluding hydrogens is 331 g/mol. The Bertz CT molecular complexity index is 827. The van der Waals surface area contributed by atoms with Crippen LogP contribution in [0.2, 0.25) is 0 Å². The smallest absolute Gasteiger partial charge is 0.191 e. The van der Waals surface area contributed by atoms with Gasteiger partial charge in [-0.2, -0.15) is 5.26 Å². The van der Waals surface area contributed by atoms with Gasteiger partial charge < -0.3 is 15.4 Å². The number of guanidine groups is 1. The molecule has 26 heavy (non-hydrogen) atoms. The molecule has 6 heteroatoms. The van der Waals surface area contributed by atoms with Crippen molar-refractivity contribution in [3.63, 3.8) is 0 Å². The number of benzene rings is 2. The van der Waals surface area contributed by atoms with E-state index < -0.39 is 5.82 Å². The summed E-state index contributed by atoms with van der Waals surface area (Å²) in [5.74, 6) is 0.967. The van der Waals surface area contributed by atoms with E-state index in [-0.39, 0.29) is 6.54 Å². The topological polar surface area (TPSA) is 69.4 Å². The largest absolute Gasteiger partial charge is 0.496 e. The van der Waals surface area contributed by atoms with Crippen molar-refractivity contribution in [2.75, 3.05) is 13.7 Å². The summed E-state index contributed by atoms with van der Waals surface area (Å²) in [6, 6.07) is 12.3. The van der Waals surface area contributed by atoms with Crippen LogP contribution in [-0.4, -0.2) is 19.6 Å². The van der Waals surface area contributed by atoms with Gasteiger partial charge in [0.15, 0.2) is 5.96 Å². The predicted octanol–water partition coefficient (Wildman–Crippen LogP) is 3.27. The Morgan fingerprint density at radius 1 is 1.19 bits per heavy atom. The number of rotatable bonds is 6. The number of nitrogens with zero attached hydrogens (tertiary/aromatic N) is 2. The molecule has 2 rings (SSSR count). The van der Waals surface area contributed by atoms with Crippen LogP contribution < -0.4 is 15.4 Å². The SMILES string of the molecule is CCNC(=NCc1ccc(C)cc1OC)NCc1ccc(C#N)cc1F. The van der Waals surface area contributed by atoms with Crippen LogP contribution in [0.5, 0.6) is 5.75 Å². The maximum absolute atomic E-state index is 14.0. The lowest BCUT2D eigenvalue weighted by molar-refractivity contribution is 0.409. The van der Waals surface area contributed by atoms with Gasteiger partial charge in [0.2, 0.25) is 0 Å². The summed E-state index contributed by atoms with van der Waals surface area (Å²) in [4.78, 5) is 4.54. The molecule has 0 fully saturated rings. The predicted molar refractivity (Wildman–Crippen MR) is 101 cm³/mol. The van der Waals surface area contributed by atoms with Gasteiger partial charge in [0, 0.05) is 24.2 Å². The van der Waals surface area contributed by atoms with E-state index in [9.17, 15) is 4.39 Å². The zero-order valence-electron chi connectivity index (χ0n) is 15.3. The number of aryl methyl sites for hydroxylation is 1. The Morgan fingerprint density at radius 3 is 2.62 bits per heavy atom. The van der Waals surface area contributed by atoms with Gasteiger partial charge in [-0.3, -0.25) is 0 Å². The molecule has 0 radical (unpaired) electrons. The van der Waals surface area contributed by atoms with Crippen LogP contribution in [0.1, 0.15) is 29.2 Å². The lowest BCUT2D eigenvalue weighted by Gasteiger charge is -2.13. The third-order valence-electron chi connectivity index (χ3n) is 3.82. The van der Waals surface area contributed by atoms with Crippen LogP contribution in [0, 0.1) is 24.1 Å². The van der Waals surface area contributed by atoms with E-state index >= 15 is 0 Å².